The molecule has 0 saturated heterocycles. The van der Waals surface area contributed by atoms with Crippen LogP contribution in [-0.2, 0) is 4.79 Å². The summed E-state index contributed by atoms with van der Waals surface area (Å²) in [5, 5.41) is 5.60. The van der Waals surface area contributed by atoms with Gasteiger partial charge in [0.25, 0.3) is 5.91 Å². The van der Waals surface area contributed by atoms with Gasteiger partial charge in [0, 0.05) is 23.6 Å². The van der Waals surface area contributed by atoms with Gasteiger partial charge >= 0.3 is 0 Å². The number of benzene rings is 3. The summed E-state index contributed by atoms with van der Waals surface area (Å²) in [5.41, 5.74) is 4.61. The highest BCUT2D eigenvalue weighted by molar-refractivity contribution is 5.96. The molecule has 3 aromatic carbocycles. The molecule has 6 heteroatoms. The fourth-order valence-electron chi connectivity index (χ4n) is 3.43. The third kappa shape index (κ3) is 5.10. The molecule has 2 amide bonds. The number of carbonyl (C=O) groups excluding carboxylic acids is 2. The molecule has 1 heterocycles. The molecule has 6 nitrogen and oxygen atoms in total. The van der Waals surface area contributed by atoms with Crippen molar-refractivity contribution in [2.45, 2.75) is 13.0 Å². The van der Waals surface area contributed by atoms with E-state index < -0.39 is 0 Å². The molecule has 4 rings (SSSR count). The van der Waals surface area contributed by atoms with E-state index in [4.69, 9.17) is 0 Å². The lowest BCUT2D eigenvalue weighted by molar-refractivity contribution is -0.120. The second-order valence-electron chi connectivity index (χ2n) is 7.48. The number of rotatable bonds is 7. The number of nitrogens with zero attached hydrogens (tertiary/aromatic N) is 2. The molecular weight excluding hydrogens is 400 g/mol. The van der Waals surface area contributed by atoms with Gasteiger partial charge in [-0.1, -0.05) is 54.6 Å². The fraction of sp³-hybridized carbons (Fsp3) is 0.115. The van der Waals surface area contributed by atoms with Gasteiger partial charge in [0.2, 0.25) is 5.91 Å². The quantitative estimate of drug-likeness (QED) is 0.468. The minimum atomic E-state index is -0.280. The smallest absolute Gasteiger partial charge is 0.251 e. The van der Waals surface area contributed by atoms with Crippen LogP contribution in [0.4, 0.5) is 0 Å². The molecule has 0 aliphatic rings. The lowest BCUT2D eigenvalue weighted by Gasteiger charge is -2.15. The Labute approximate surface area is 186 Å². The summed E-state index contributed by atoms with van der Waals surface area (Å²) in [7, 11) is 0. The Morgan fingerprint density at radius 3 is 2.25 bits per heavy atom. The summed E-state index contributed by atoms with van der Waals surface area (Å²) in [6, 6.07) is 25.0. The van der Waals surface area contributed by atoms with Crippen LogP contribution in [0, 0.1) is 0 Å². The first-order valence-electron chi connectivity index (χ1n) is 10.4. The predicted octanol–water partition coefficient (Wildman–Crippen LogP) is 4.15. The summed E-state index contributed by atoms with van der Waals surface area (Å²) >= 11 is 0. The van der Waals surface area contributed by atoms with Crippen molar-refractivity contribution < 1.29 is 9.59 Å². The Balaban J connectivity index is 1.28. The van der Waals surface area contributed by atoms with Gasteiger partial charge in [-0.25, -0.2) is 4.98 Å². The van der Waals surface area contributed by atoms with Crippen molar-refractivity contribution in [2.24, 2.45) is 0 Å². The standard InChI is InChI=1S/C26H24N4O2/c1-19(20-11-13-24(14-12-20)30-16-15-27-18-30)29-25(31)17-28-26(32)23-9-7-22(8-10-23)21-5-3-2-4-6-21/h2-16,18-19H,17H2,1H3,(H,28,32)(H,29,31). The van der Waals surface area contributed by atoms with E-state index in [1.54, 1.807) is 24.7 Å². The van der Waals surface area contributed by atoms with E-state index in [1.165, 1.54) is 0 Å². The average molecular weight is 425 g/mol. The molecule has 0 aliphatic carbocycles. The van der Waals surface area contributed by atoms with Crippen molar-refractivity contribution in [3.05, 3.63) is 109 Å². The van der Waals surface area contributed by atoms with Gasteiger partial charge in [-0.05, 0) is 47.9 Å². The van der Waals surface area contributed by atoms with Crippen molar-refractivity contribution in [1.82, 2.24) is 20.2 Å². The van der Waals surface area contributed by atoms with Crippen molar-refractivity contribution in [1.29, 1.82) is 0 Å². The number of amides is 2. The lowest BCUT2D eigenvalue weighted by atomic mass is 10.0. The third-order valence-electron chi connectivity index (χ3n) is 5.24. The van der Waals surface area contributed by atoms with Crippen LogP contribution in [0.25, 0.3) is 16.8 Å². The van der Waals surface area contributed by atoms with Crippen molar-refractivity contribution >= 4 is 11.8 Å². The molecule has 0 spiro atoms. The maximum absolute atomic E-state index is 12.4. The predicted molar refractivity (Wildman–Crippen MR) is 124 cm³/mol. The second kappa shape index (κ2) is 9.75. The zero-order chi connectivity index (χ0) is 22.3. The molecule has 160 valence electrons. The summed E-state index contributed by atoms with van der Waals surface area (Å²) in [5.74, 6) is -0.525. The summed E-state index contributed by atoms with van der Waals surface area (Å²) in [6.45, 7) is 1.82. The summed E-state index contributed by atoms with van der Waals surface area (Å²) < 4.78 is 1.91. The number of nitrogens with one attached hydrogen (secondary N) is 2. The Morgan fingerprint density at radius 2 is 1.59 bits per heavy atom. The monoisotopic (exact) mass is 424 g/mol. The maximum atomic E-state index is 12.4. The topological polar surface area (TPSA) is 76.0 Å². The van der Waals surface area contributed by atoms with Crippen molar-refractivity contribution in [2.75, 3.05) is 6.54 Å². The molecule has 4 aromatic rings. The minimum Gasteiger partial charge on any atom is -0.348 e. The number of carbonyl (C=O) groups is 2. The van der Waals surface area contributed by atoms with Crippen LogP contribution in [-0.4, -0.2) is 27.9 Å². The highest BCUT2D eigenvalue weighted by Gasteiger charge is 2.12. The van der Waals surface area contributed by atoms with Crippen molar-refractivity contribution in [3.63, 3.8) is 0 Å². The Bertz CT molecular complexity index is 1170. The van der Waals surface area contributed by atoms with Crippen molar-refractivity contribution in [3.8, 4) is 16.8 Å². The molecule has 0 saturated carbocycles. The van der Waals surface area contributed by atoms with Crippen LogP contribution in [0.15, 0.2) is 97.6 Å². The van der Waals surface area contributed by atoms with Crippen LogP contribution in [0.5, 0.6) is 0 Å². The van der Waals surface area contributed by atoms with E-state index >= 15 is 0 Å². The van der Waals surface area contributed by atoms with Crippen LogP contribution < -0.4 is 10.6 Å². The molecule has 0 bridgehead atoms. The Kier molecular flexibility index (Phi) is 6.41. The zero-order valence-electron chi connectivity index (χ0n) is 17.7. The highest BCUT2D eigenvalue weighted by Crippen LogP contribution is 2.19. The van der Waals surface area contributed by atoms with Gasteiger partial charge in [0.05, 0.1) is 18.9 Å². The van der Waals surface area contributed by atoms with Crippen LogP contribution in [0.2, 0.25) is 0 Å². The Morgan fingerprint density at radius 1 is 0.906 bits per heavy atom. The van der Waals surface area contributed by atoms with E-state index in [0.717, 1.165) is 22.4 Å². The molecule has 1 aromatic heterocycles. The van der Waals surface area contributed by atoms with Crippen LogP contribution in [0.3, 0.4) is 0 Å². The van der Waals surface area contributed by atoms with Gasteiger partial charge in [-0.15, -0.1) is 0 Å². The third-order valence-corrected chi connectivity index (χ3v) is 5.24. The number of hydrogen-bond donors (Lipinski definition) is 2. The van der Waals surface area contributed by atoms with E-state index in [9.17, 15) is 9.59 Å². The van der Waals surface area contributed by atoms with E-state index in [-0.39, 0.29) is 24.4 Å². The first kappa shape index (κ1) is 21.1. The summed E-state index contributed by atoms with van der Waals surface area (Å²) in [6.07, 6.45) is 5.33. The highest BCUT2D eigenvalue weighted by atomic mass is 16.2. The fourth-order valence-corrected chi connectivity index (χ4v) is 3.43. The second-order valence-corrected chi connectivity index (χ2v) is 7.48. The minimum absolute atomic E-state index is 0.0866. The van der Waals surface area contributed by atoms with Gasteiger partial charge < -0.3 is 15.2 Å². The molecule has 0 fully saturated rings. The molecule has 0 radical (unpaired) electrons. The van der Waals surface area contributed by atoms with E-state index in [0.29, 0.717) is 5.56 Å². The molecular formula is C26H24N4O2. The maximum Gasteiger partial charge on any atom is 0.251 e. The largest absolute Gasteiger partial charge is 0.348 e. The van der Waals surface area contributed by atoms with Crippen LogP contribution in [0.1, 0.15) is 28.9 Å². The van der Waals surface area contributed by atoms with E-state index in [2.05, 4.69) is 15.6 Å². The average Bonchev–Trinajstić information content (AvgIpc) is 3.38. The molecule has 32 heavy (non-hydrogen) atoms. The van der Waals surface area contributed by atoms with E-state index in [1.807, 2.05) is 84.4 Å². The molecule has 1 atom stereocenters. The first-order valence-corrected chi connectivity index (χ1v) is 10.4. The van der Waals surface area contributed by atoms with Gasteiger partial charge in [0.1, 0.15) is 0 Å². The molecule has 1 unspecified atom stereocenters. The molecule has 2 N–H and O–H groups in total. The molecule has 0 aliphatic heterocycles. The van der Waals surface area contributed by atoms with Gasteiger partial charge in [0.15, 0.2) is 0 Å². The number of aromatic nitrogens is 2. The SMILES string of the molecule is CC(NC(=O)CNC(=O)c1ccc(-c2ccccc2)cc1)c1ccc(-n2ccnc2)cc1. The first-order chi connectivity index (χ1) is 15.6. The number of hydrogen-bond acceptors (Lipinski definition) is 3. The van der Waals surface area contributed by atoms with Gasteiger partial charge in [-0.2, -0.15) is 0 Å². The van der Waals surface area contributed by atoms with Crippen LogP contribution >= 0.6 is 0 Å². The number of imidazole rings is 1. The lowest BCUT2D eigenvalue weighted by Crippen LogP contribution is -2.38. The zero-order valence-corrected chi connectivity index (χ0v) is 17.7. The normalized spacial score (nSPS) is 11.5. The Hall–Kier alpha value is -4.19. The van der Waals surface area contributed by atoms with Gasteiger partial charge in [-0.3, -0.25) is 9.59 Å². The summed E-state index contributed by atoms with van der Waals surface area (Å²) in [4.78, 5) is 28.8.